The molecule has 8 nitrogen and oxygen atoms in total. The van der Waals surface area contributed by atoms with Crippen molar-refractivity contribution in [3.8, 4) is 0 Å². The fourth-order valence-corrected chi connectivity index (χ4v) is 5.03. The Balaban J connectivity index is 1.64. The number of nitro groups is 1. The van der Waals surface area contributed by atoms with Crippen molar-refractivity contribution in [2.24, 2.45) is 0 Å². The van der Waals surface area contributed by atoms with Crippen LogP contribution in [0.2, 0.25) is 0 Å². The number of para-hydroxylation sites is 1. The van der Waals surface area contributed by atoms with Crippen LogP contribution in [0.3, 0.4) is 0 Å². The Morgan fingerprint density at radius 3 is 2.15 bits per heavy atom. The van der Waals surface area contributed by atoms with Crippen LogP contribution in [0.15, 0.2) is 41.3 Å². The minimum absolute atomic E-state index is 0.234. The van der Waals surface area contributed by atoms with Gasteiger partial charge in [0.2, 0.25) is 10.0 Å². The maximum Gasteiger partial charge on any atom is 0.289 e. The monoisotopic (exact) mass is 392 g/mol. The van der Waals surface area contributed by atoms with E-state index >= 15 is 0 Å². The molecular formula is C18H24N4O4S. The largest absolute Gasteiger partial charge is 0.348 e. The Bertz CT molecular complexity index is 911. The predicted molar refractivity (Wildman–Crippen MR) is 102 cm³/mol. The SMILES string of the molecule is Cc1ccc(C)n1CCN1CCN(S(=O)(=O)c2ccccc2[N+](=O)[O-])CC1. The Morgan fingerprint density at radius 2 is 1.56 bits per heavy atom. The molecule has 1 aliphatic heterocycles. The molecule has 0 unspecified atom stereocenters. The van der Waals surface area contributed by atoms with Gasteiger partial charge in [-0.2, -0.15) is 4.31 Å². The number of nitrogens with zero attached hydrogens (tertiary/aromatic N) is 4. The summed E-state index contributed by atoms with van der Waals surface area (Å²) >= 11 is 0. The Morgan fingerprint density at radius 1 is 0.963 bits per heavy atom. The van der Waals surface area contributed by atoms with Crippen LogP contribution in [0, 0.1) is 24.0 Å². The summed E-state index contributed by atoms with van der Waals surface area (Å²) in [5, 5.41) is 11.2. The van der Waals surface area contributed by atoms with E-state index in [-0.39, 0.29) is 10.6 Å². The maximum absolute atomic E-state index is 12.9. The molecule has 146 valence electrons. The van der Waals surface area contributed by atoms with Crippen molar-refractivity contribution in [2.75, 3.05) is 32.7 Å². The smallest absolute Gasteiger partial charge is 0.289 e. The highest BCUT2D eigenvalue weighted by molar-refractivity contribution is 7.89. The van der Waals surface area contributed by atoms with Crippen molar-refractivity contribution >= 4 is 15.7 Å². The molecule has 0 amide bonds. The van der Waals surface area contributed by atoms with Crippen LogP contribution in [0.5, 0.6) is 0 Å². The first-order valence-electron chi connectivity index (χ1n) is 8.89. The number of aryl methyl sites for hydroxylation is 2. The zero-order chi connectivity index (χ0) is 19.6. The fraction of sp³-hybridized carbons (Fsp3) is 0.444. The quantitative estimate of drug-likeness (QED) is 0.554. The van der Waals surface area contributed by atoms with Crippen LogP contribution in [0.1, 0.15) is 11.4 Å². The third kappa shape index (κ3) is 4.05. The molecule has 0 N–H and O–H groups in total. The van der Waals surface area contributed by atoms with Crippen molar-refractivity contribution in [1.82, 2.24) is 13.8 Å². The first-order chi connectivity index (χ1) is 12.8. The highest BCUT2D eigenvalue weighted by Crippen LogP contribution is 2.26. The van der Waals surface area contributed by atoms with Gasteiger partial charge in [-0.15, -0.1) is 0 Å². The summed E-state index contributed by atoms with van der Waals surface area (Å²) in [7, 11) is -3.87. The zero-order valence-electron chi connectivity index (χ0n) is 15.5. The maximum atomic E-state index is 12.9. The molecule has 3 rings (SSSR count). The topological polar surface area (TPSA) is 88.7 Å². The van der Waals surface area contributed by atoms with Crippen molar-refractivity contribution in [3.63, 3.8) is 0 Å². The van der Waals surface area contributed by atoms with Gasteiger partial charge in [-0.05, 0) is 32.0 Å². The molecule has 0 atom stereocenters. The molecule has 2 aromatic rings. The molecule has 27 heavy (non-hydrogen) atoms. The highest BCUT2D eigenvalue weighted by atomic mass is 32.2. The van der Waals surface area contributed by atoms with Crippen LogP contribution < -0.4 is 0 Å². The second-order valence-corrected chi connectivity index (χ2v) is 8.64. The van der Waals surface area contributed by atoms with E-state index in [0.717, 1.165) is 13.1 Å². The van der Waals surface area contributed by atoms with Gasteiger partial charge in [-0.3, -0.25) is 15.0 Å². The number of hydrogen-bond donors (Lipinski definition) is 0. The van der Waals surface area contributed by atoms with Crippen LogP contribution in [0.4, 0.5) is 5.69 Å². The Kier molecular flexibility index (Phi) is 5.64. The molecular weight excluding hydrogens is 368 g/mol. The number of rotatable bonds is 6. The first kappa shape index (κ1) is 19.5. The van der Waals surface area contributed by atoms with Crippen LogP contribution in [-0.2, 0) is 16.6 Å². The first-order valence-corrected chi connectivity index (χ1v) is 10.3. The van der Waals surface area contributed by atoms with E-state index < -0.39 is 14.9 Å². The van der Waals surface area contributed by atoms with E-state index in [1.165, 1.54) is 40.0 Å². The summed E-state index contributed by atoms with van der Waals surface area (Å²) in [4.78, 5) is 12.5. The van der Waals surface area contributed by atoms with Crippen molar-refractivity contribution < 1.29 is 13.3 Å². The van der Waals surface area contributed by atoms with E-state index in [0.29, 0.717) is 26.2 Å². The van der Waals surface area contributed by atoms with E-state index in [1.807, 2.05) is 0 Å². The Hall–Kier alpha value is -2.23. The molecule has 0 saturated carbocycles. The zero-order valence-corrected chi connectivity index (χ0v) is 16.4. The van der Waals surface area contributed by atoms with Gasteiger partial charge in [0, 0.05) is 56.7 Å². The molecule has 1 fully saturated rings. The summed E-state index contributed by atoms with van der Waals surface area (Å²) in [6, 6.07) is 9.69. The summed E-state index contributed by atoms with van der Waals surface area (Å²) in [5.41, 5.74) is 2.05. The molecule has 0 radical (unpaired) electrons. The minimum Gasteiger partial charge on any atom is -0.348 e. The van der Waals surface area contributed by atoms with Gasteiger partial charge in [0.1, 0.15) is 0 Å². The van der Waals surface area contributed by atoms with Gasteiger partial charge in [0.25, 0.3) is 5.69 Å². The lowest BCUT2D eigenvalue weighted by molar-refractivity contribution is -0.387. The van der Waals surface area contributed by atoms with Gasteiger partial charge < -0.3 is 4.57 Å². The van der Waals surface area contributed by atoms with E-state index in [2.05, 4.69) is 35.4 Å². The predicted octanol–water partition coefficient (Wildman–Crippen LogP) is 2.02. The van der Waals surface area contributed by atoms with Crippen LogP contribution in [-0.4, -0.2) is 59.8 Å². The summed E-state index contributed by atoms with van der Waals surface area (Å²) in [6.45, 7) is 7.74. The number of benzene rings is 1. The molecule has 1 aliphatic rings. The average molecular weight is 392 g/mol. The third-order valence-electron chi connectivity index (χ3n) is 5.07. The molecule has 1 aromatic heterocycles. The summed E-state index contributed by atoms with van der Waals surface area (Å²) in [6.07, 6.45) is 0. The van der Waals surface area contributed by atoms with Gasteiger partial charge in [-0.1, -0.05) is 12.1 Å². The van der Waals surface area contributed by atoms with E-state index in [1.54, 1.807) is 0 Å². The normalized spacial score (nSPS) is 16.5. The number of sulfonamides is 1. The second kappa shape index (κ2) is 7.79. The minimum atomic E-state index is -3.87. The molecule has 0 aliphatic carbocycles. The van der Waals surface area contributed by atoms with E-state index in [9.17, 15) is 18.5 Å². The Labute approximate surface area is 159 Å². The average Bonchev–Trinajstić information content (AvgIpc) is 2.98. The summed E-state index contributed by atoms with van der Waals surface area (Å²) < 4.78 is 29.3. The number of hydrogen-bond acceptors (Lipinski definition) is 5. The lowest BCUT2D eigenvalue weighted by Crippen LogP contribution is -2.49. The van der Waals surface area contributed by atoms with Gasteiger partial charge >= 0.3 is 0 Å². The molecule has 1 aromatic carbocycles. The number of nitro benzene ring substituents is 1. The van der Waals surface area contributed by atoms with E-state index in [4.69, 9.17) is 0 Å². The number of aromatic nitrogens is 1. The summed E-state index contributed by atoms with van der Waals surface area (Å²) in [5.74, 6) is 0. The molecule has 0 spiro atoms. The van der Waals surface area contributed by atoms with Crippen molar-refractivity contribution in [2.45, 2.75) is 25.3 Å². The lowest BCUT2D eigenvalue weighted by atomic mass is 10.3. The second-order valence-electron chi connectivity index (χ2n) is 6.74. The molecule has 1 saturated heterocycles. The van der Waals surface area contributed by atoms with Crippen LogP contribution >= 0.6 is 0 Å². The standard InChI is InChI=1S/C18H24N4O4S/c1-15-7-8-16(2)21(15)14-11-19-9-12-20(13-10-19)27(25,26)18-6-4-3-5-17(18)22(23)24/h3-8H,9-14H2,1-2H3. The molecule has 9 heteroatoms. The lowest BCUT2D eigenvalue weighted by Gasteiger charge is -2.34. The van der Waals surface area contributed by atoms with Gasteiger partial charge in [0.15, 0.2) is 4.90 Å². The van der Waals surface area contributed by atoms with Crippen molar-refractivity contribution in [1.29, 1.82) is 0 Å². The van der Waals surface area contributed by atoms with Gasteiger partial charge in [0.05, 0.1) is 4.92 Å². The van der Waals surface area contributed by atoms with Gasteiger partial charge in [-0.25, -0.2) is 8.42 Å². The van der Waals surface area contributed by atoms with Crippen molar-refractivity contribution in [3.05, 3.63) is 57.9 Å². The third-order valence-corrected chi connectivity index (χ3v) is 7.01. The van der Waals surface area contributed by atoms with Crippen LogP contribution in [0.25, 0.3) is 0 Å². The highest BCUT2D eigenvalue weighted by Gasteiger charge is 2.33. The fourth-order valence-electron chi connectivity index (χ4n) is 3.45. The molecule has 2 heterocycles. The molecule has 0 bridgehead atoms. The number of piperazine rings is 1.